The van der Waals surface area contributed by atoms with Gasteiger partial charge in [0.1, 0.15) is 16.5 Å². The Morgan fingerprint density at radius 1 is 0.879 bits per heavy atom. The van der Waals surface area contributed by atoms with Gasteiger partial charge in [0, 0.05) is 23.9 Å². The van der Waals surface area contributed by atoms with E-state index in [9.17, 15) is 8.42 Å². The third-order valence-electron chi connectivity index (χ3n) is 7.30. The number of hydrogen-bond donors (Lipinski definition) is 1. The van der Waals surface area contributed by atoms with Crippen molar-refractivity contribution in [2.75, 3.05) is 19.6 Å². The molecule has 1 aromatic heterocycles. The number of furan rings is 1. The van der Waals surface area contributed by atoms with Crippen LogP contribution in [0, 0.1) is 5.92 Å². The number of para-hydroxylation sites is 1. The summed E-state index contributed by atoms with van der Waals surface area (Å²) in [5.74, 6) is 0.110. The Hall–Kier alpha value is -2.67. The summed E-state index contributed by atoms with van der Waals surface area (Å²) >= 11 is 0. The molecule has 3 aromatic carbocycles. The lowest BCUT2D eigenvalue weighted by Gasteiger charge is -2.40. The Balaban J connectivity index is 1.44. The van der Waals surface area contributed by atoms with Crippen LogP contribution in [0.1, 0.15) is 24.0 Å². The van der Waals surface area contributed by atoms with Crippen molar-refractivity contribution in [3.63, 3.8) is 0 Å². The Kier molecular flexibility index (Phi) is 5.24. The molecule has 1 N–H and O–H groups in total. The molecule has 0 saturated carbocycles. The number of nitrogens with zero attached hydrogens (tertiary/aromatic N) is 1. The van der Waals surface area contributed by atoms with Gasteiger partial charge in [0.15, 0.2) is 9.84 Å². The quantitative estimate of drug-likeness (QED) is 0.476. The van der Waals surface area contributed by atoms with Crippen LogP contribution in [0.2, 0.25) is 0 Å². The molecule has 2 aliphatic rings. The van der Waals surface area contributed by atoms with Crippen molar-refractivity contribution < 1.29 is 12.8 Å². The highest BCUT2D eigenvalue weighted by Gasteiger charge is 2.40. The molecule has 1 unspecified atom stereocenters. The fraction of sp³-hybridized carbons (Fsp3) is 0.333. The van der Waals surface area contributed by atoms with Gasteiger partial charge in [-0.2, -0.15) is 0 Å². The Morgan fingerprint density at radius 2 is 1.61 bits per heavy atom. The van der Waals surface area contributed by atoms with E-state index in [1.165, 1.54) is 11.1 Å². The number of rotatable bonds is 4. The maximum absolute atomic E-state index is 14.3. The SMILES string of the molecule is O=S(=O)(c1ccc2oc3ccccc3c2c1)C(C1CCNCC1)N1CCc2ccccc2C1. The van der Waals surface area contributed by atoms with E-state index in [0.29, 0.717) is 11.4 Å². The van der Waals surface area contributed by atoms with Crippen molar-refractivity contribution in [2.45, 2.75) is 36.1 Å². The van der Waals surface area contributed by atoms with Gasteiger partial charge < -0.3 is 9.73 Å². The van der Waals surface area contributed by atoms with E-state index in [2.05, 4.69) is 28.4 Å². The van der Waals surface area contributed by atoms with Gasteiger partial charge in [0.05, 0.1) is 4.90 Å². The summed E-state index contributed by atoms with van der Waals surface area (Å²) in [5, 5.41) is 4.68. The van der Waals surface area contributed by atoms with Crippen molar-refractivity contribution >= 4 is 31.8 Å². The van der Waals surface area contributed by atoms with Crippen LogP contribution in [0.3, 0.4) is 0 Å². The summed E-state index contributed by atoms with van der Waals surface area (Å²) in [6.45, 7) is 3.18. The molecule has 0 bridgehead atoms. The van der Waals surface area contributed by atoms with Crippen LogP contribution in [0.25, 0.3) is 21.9 Å². The molecule has 3 heterocycles. The van der Waals surface area contributed by atoms with Crippen molar-refractivity contribution in [3.05, 3.63) is 77.9 Å². The molecule has 5 nitrogen and oxygen atoms in total. The molecule has 1 atom stereocenters. The second-order valence-electron chi connectivity index (χ2n) is 9.27. The van der Waals surface area contributed by atoms with Crippen molar-refractivity contribution in [1.29, 1.82) is 0 Å². The van der Waals surface area contributed by atoms with Crippen LogP contribution in [0.15, 0.2) is 76.0 Å². The van der Waals surface area contributed by atoms with Crippen LogP contribution in [0.4, 0.5) is 0 Å². The molecule has 33 heavy (non-hydrogen) atoms. The van der Waals surface area contributed by atoms with E-state index < -0.39 is 15.2 Å². The lowest BCUT2D eigenvalue weighted by atomic mass is 9.94. The van der Waals surface area contributed by atoms with Crippen LogP contribution < -0.4 is 5.32 Å². The predicted octanol–water partition coefficient (Wildman–Crippen LogP) is 4.74. The first kappa shape index (κ1) is 20.9. The normalized spacial score (nSPS) is 19.0. The van der Waals surface area contributed by atoms with E-state index in [4.69, 9.17) is 4.42 Å². The highest BCUT2D eigenvalue weighted by Crippen LogP contribution is 2.36. The summed E-state index contributed by atoms with van der Waals surface area (Å²) in [6, 6.07) is 21.6. The average molecular weight is 461 g/mol. The summed E-state index contributed by atoms with van der Waals surface area (Å²) in [5.41, 5.74) is 4.08. The van der Waals surface area contributed by atoms with Gasteiger partial charge in [-0.3, -0.25) is 4.90 Å². The monoisotopic (exact) mass is 460 g/mol. The molecular weight excluding hydrogens is 432 g/mol. The maximum atomic E-state index is 14.3. The van der Waals surface area contributed by atoms with Crippen molar-refractivity contribution in [2.24, 2.45) is 5.92 Å². The highest BCUT2D eigenvalue weighted by molar-refractivity contribution is 7.92. The Bertz CT molecular complexity index is 1420. The number of fused-ring (bicyclic) bond motifs is 4. The number of hydrogen-bond acceptors (Lipinski definition) is 5. The second-order valence-corrected chi connectivity index (χ2v) is 11.3. The Labute approximate surface area is 194 Å². The van der Waals surface area contributed by atoms with Gasteiger partial charge in [0.2, 0.25) is 0 Å². The van der Waals surface area contributed by atoms with Crippen LogP contribution in [0.5, 0.6) is 0 Å². The topological polar surface area (TPSA) is 62.6 Å². The largest absolute Gasteiger partial charge is 0.456 e. The summed E-state index contributed by atoms with van der Waals surface area (Å²) in [6.07, 6.45) is 2.64. The molecule has 0 amide bonds. The molecule has 4 aromatic rings. The molecule has 6 heteroatoms. The van der Waals surface area contributed by atoms with Gasteiger partial charge in [0.25, 0.3) is 0 Å². The van der Waals surface area contributed by atoms with E-state index >= 15 is 0 Å². The minimum absolute atomic E-state index is 0.110. The molecule has 170 valence electrons. The summed E-state index contributed by atoms with van der Waals surface area (Å²) in [7, 11) is -3.58. The number of benzene rings is 3. The average Bonchev–Trinajstić information content (AvgIpc) is 3.23. The highest BCUT2D eigenvalue weighted by atomic mass is 32.2. The number of nitrogens with one attached hydrogen (secondary N) is 1. The van der Waals surface area contributed by atoms with Crippen LogP contribution in [-0.2, 0) is 22.8 Å². The predicted molar refractivity (Wildman–Crippen MR) is 131 cm³/mol. The lowest BCUT2D eigenvalue weighted by molar-refractivity contribution is 0.159. The zero-order chi connectivity index (χ0) is 22.4. The Morgan fingerprint density at radius 3 is 2.45 bits per heavy atom. The molecule has 6 rings (SSSR count). The third-order valence-corrected chi connectivity index (χ3v) is 9.53. The van der Waals surface area contributed by atoms with Gasteiger partial charge >= 0.3 is 0 Å². The van der Waals surface area contributed by atoms with E-state index in [1.54, 1.807) is 6.07 Å². The van der Waals surface area contributed by atoms with E-state index in [1.807, 2.05) is 42.5 Å². The first-order chi connectivity index (χ1) is 16.1. The molecule has 2 aliphatic heterocycles. The maximum Gasteiger partial charge on any atom is 0.194 e. The van der Waals surface area contributed by atoms with E-state index in [0.717, 1.165) is 60.8 Å². The molecule has 0 aliphatic carbocycles. The van der Waals surface area contributed by atoms with E-state index in [-0.39, 0.29) is 5.92 Å². The van der Waals surface area contributed by atoms with Gasteiger partial charge in [-0.05, 0) is 73.7 Å². The number of sulfone groups is 1. The smallest absolute Gasteiger partial charge is 0.194 e. The summed E-state index contributed by atoms with van der Waals surface area (Å²) < 4.78 is 34.4. The zero-order valence-electron chi connectivity index (χ0n) is 18.5. The standard InChI is InChI=1S/C27H28N2O3S/c30-33(31,22-9-10-26-24(17-22)23-7-3-4-8-25(23)32-26)27(20-11-14-28-15-12-20)29-16-13-19-5-1-2-6-21(19)18-29/h1-10,17,20,27-28H,11-16,18H2. The second kappa shape index (κ2) is 8.28. The van der Waals surface area contributed by atoms with Gasteiger partial charge in [-0.1, -0.05) is 42.5 Å². The van der Waals surface area contributed by atoms with Crippen molar-refractivity contribution in [3.8, 4) is 0 Å². The zero-order valence-corrected chi connectivity index (χ0v) is 19.4. The number of piperidine rings is 1. The third kappa shape index (κ3) is 3.66. The fourth-order valence-corrected chi connectivity index (χ4v) is 7.80. The lowest BCUT2D eigenvalue weighted by Crippen LogP contribution is -2.50. The molecule has 0 spiro atoms. The van der Waals surface area contributed by atoms with Gasteiger partial charge in [-0.15, -0.1) is 0 Å². The molecule has 1 saturated heterocycles. The minimum atomic E-state index is -3.58. The fourth-order valence-electron chi connectivity index (χ4n) is 5.63. The minimum Gasteiger partial charge on any atom is -0.456 e. The summed E-state index contributed by atoms with van der Waals surface area (Å²) in [4.78, 5) is 2.61. The molecule has 0 radical (unpaired) electrons. The van der Waals surface area contributed by atoms with Crippen LogP contribution in [-0.4, -0.2) is 38.3 Å². The first-order valence-electron chi connectivity index (χ1n) is 11.8. The van der Waals surface area contributed by atoms with Gasteiger partial charge in [-0.25, -0.2) is 8.42 Å². The first-order valence-corrected chi connectivity index (χ1v) is 13.3. The molecular formula is C27H28N2O3S. The van der Waals surface area contributed by atoms with Crippen LogP contribution >= 0.6 is 0 Å². The molecule has 1 fully saturated rings. The van der Waals surface area contributed by atoms with Crippen molar-refractivity contribution in [1.82, 2.24) is 10.2 Å².